The lowest BCUT2D eigenvalue weighted by atomic mass is 10.4. The number of hydrogen-bond acceptors (Lipinski definition) is 0. The fraction of sp³-hybridized carbons (Fsp3) is 0.875. The summed E-state index contributed by atoms with van der Waals surface area (Å²) >= 11 is 0. The van der Waals surface area contributed by atoms with Gasteiger partial charge in [0.25, 0.3) is 0 Å². The van der Waals surface area contributed by atoms with Crippen molar-refractivity contribution in [3.63, 3.8) is 0 Å². The van der Waals surface area contributed by atoms with Crippen LogP contribution >= 0.6 is 7.26 Å². The van der Waals surface area contributed by atoms with Crippen molar-refractivity contribution in [2.45, 2.75) is 66.2 Å². The van der Waals surface area contributed by atoms with Crippen LogP contribution in [0.1, 0.15) is 66.2 Å². The summed E-state index contributed by atoms with van der Waals surface area (Å²) in [6.45, 7) is 9.19. The molecular formula is C16H34BrP. The van der Waals surface area contributed by atoms with Crippen LogP contribution < -0.4 is 17.0 Å². The first kappa shape index (κ1) is 21.0. The molecule has 0 aliphatic carbocycles. The monoisotopic (exact) mass is 336 g/mol. The van der Waals surface area contributed by atoms with Crippen molar-refractivity contribution in [3.05, 3.63) is 12.2 Å². The van der Waals surface area contributed by atoms with Crippen LogP contribution in [-0.2, 0) is 0 Å². The smallest absolute Gasteiger partial charge is 0.0773 e. The van der Waals surface area contributed by atoms with Crippen LogP contribution in [0.3, 0.4) is 0 Å². The number of hydrogen-bond donors (Lipinski definition) is 0. The fourth-order valence-corrected chi connectivity index (χ4v) is 7.26. The quantitative estimate of drug-likeness (QED) is 0.402. The second kappa shape index (κ2) is 14.1. The zero-order valence-corrected chi connectivity index (χ0v) is 15.5. The summed E-state index contributed by atoms with van der Waals surface area (Å²) in [6, 6.07) is 0. The Bertz CT molecular complexity index is 168. The molecule has 0 aromatic carbocycles. The van der Waals surface area contributed by atoms with Crippen molar-refractivity contribution < 1.29 is 17.0 Å². The molecule has 0 heterocycles. The standard InChI is InChI=1S/C16H34P.BrH/c1-5-9-13-17(14-10-6-2,15-11-7-3)16-12-8-4;/h5,9H,6-8,10-16H2,1-4H3;1H/q+1;/p-1/b9-5+;. The first-order valence-electron chi connectivity index (χ1n) is 7.71. The van der Waals surface area contributed by atoms with Crippen molar-refractivity contribution in [1.29, 1.82) is 0 Å². The van der Waals surface area contributed by atoms with E-state index in [1.807, 2.05) is 0 Å². The molecule has 0 saturated carbocycles. The third-order valence-corrected chi connectivity index (χ3v) is 8.47. The van der Waals surface area contributed by atoms with Gasteiger partial charge in [-0.2, -0.15) is 0 Å². The average molecular weight is 337 g/mol. The van der Waals surface area contributed by atoms with Gasteiger partial charge in [-0.25, -0.2) is 0 Å². The summed E-state index contributed by atoms with van der Waals surface area (Å²) in [5.41, 5.74) is 0. The van der Waals surface area contributed by atoms with Crippen molar-refractivity contribution in [2.24, 2.45) is 0 Å². The van der Waals surface area contributed by atoms with Gasteiger partial charge in [0.15, 0.2) is 0 Å². The van der Waals surface area contributed by atoms with Crippen LogP contribution in [0.25, 0.3) is 0 Å². The molecule has 0 amide bonds. The minimum Gasteiger partial charge on any atom is -1.00 e. The van der Waals surface area contributed by atoms with Crippen molar-refractivity contribution in [3.8, 4) is 0 Å². The summed E-state index contributed by atoms with van der Waals surface area (Å²) < 4.78 is 0. The van der Waals surface area contributed by atoms with Crippen LogP contribution in [0, 0.1) is 0 Å². The Balaban J connectivity index is 0. The third kappa shape index (κ3) is 9.56. The molecule has 0 aliphatic rings. The normalized spacial score (nSPS) is 11.8. The lowest BCUT2D eigenvalue weighted by Crippen LogP contribution is -3.00. The summed E-state index contributed by atoms with van der Waals surface area (Å²) in [5.74, 6) is 0. The molecule has 0 fully saturated rings. The van der Waals surface area contributed by atoms with Gasteiger partial charge in [0.2, 0.25) is 0 Å². The molecule has 2 heteroatoms. The predicted octanol–water partition coefficient (Wildman–Crippen LogP) is 2.98. The van der Waals surface area contributed by atoms with E-state index in [9.17, 15) is 0 Å². The van der Waals surface area contributed by atoms with E-state index in [-0.39, 0.29) is 17.0 Å². The number of rotatable bonds is 11. The highest BCUT2D eigenvalue weighted by Gasteiger charge is 2.33. The minimum absolute atomic E-state index is 0. The molecular weight excluding hydrogens is 303 g/mol. The molecule has 0 rings (SSSR count). The second-order valence-corrected chi connectivity index (χ2v) is 9.71. The van der Waals surface area contributed by atoms with Gasteiger partial charge in [0, 0.05) is 7.26 Å². The molecule has 0 saturated heterocycles. The maximum Gasteiger partial charge on any atom is 0.0773 e. The Morgan fingerprint density at radius 1 is 0.778 bits per heavy atom. The van der Waals surface area contributed by atoms with Crippen molar-refractivity contribution in [1.82, 2.24) is 0 Å². The lowest BCUT2D eigenvalue weighted by molar-refractivity contribution is -0.00000398. The number of unbranched alkanes of at least 4 members (excludes halogenated alkanes) is 3. The van der Waals surface area contributed by atoms with E-state index in [1.165, 1.54) is 44.7 Å². The van der Waals surface area contributed by atoms with Crippen LogP contribution in [0.2, 0.25) is 0 Å². The molecule has 0 unspecified atom stereocenters. The van der Waals surface area contributed by atoms with Crippen LogP contribution in [0.4, 0.5) is 0 Å². The van der Waals surface area contributed by atoms with E-state index in [2.05, 4.69) is 39.8 Å². The predicted molar refractivity (Wildman–Crippen MR) is 85.9 cm³/mol. The average Bonchev–Trinajstić information content (AvgIpc) is 2.37. The van der Waals surface area contributed by atoms with Gasteiger partial charge in [0.1, 0.15) is 0 Å². The Morgan fingerprint density at radius 3 is 1.44 bits per heavy atom. The van der Waals surface area contributed by atoms with E-state index in [1.54, 1.807) is 18.5 Å². The second-order valence-electron chi connectivity index (χ2n) is 5.32. The van der Waals surface area contributed by atoms with E-state index in [0.29, 0.717) is 0 Å². The molecule has 0 aliphatic heterocycles. The van der Waals surface area contributed by atoms with Crippen LogP contribution in [0.15, 0.2) is 12.2 Å². The third-order valence-electron chi connectivity index (χ3n) is 3.69. The zero-order valence-electron chi connectivity index (χ0n) is 13.1. The molecule has 0 aromatic rings. The highest BCUT2D eigenvalue weighted by Crippen LogP contribution is 2.60. The summed E-state index contributed by atoms with van der Waals surface area (Å²) in [6.07, 6.45) is 19.3. The summed E-state index contributed by atoms with van der Waals surface area (Å²) in [7, 11) is -0.649. The van der Waals surface area contributed by atoms with Gasteiger partial charge in [0.05, 0.1) is 24.6 Å². The first-order valence-corrected chi connectivity index (χ1v) is 10.2. The first-order chi connectivity index (χ1) is 8.24. The highest BCUT2D eigenvalue weighted by atomic mass is 79.9. The summed E-state index contributed by atoms with van der Waals surface area (Å²) in [4.78, 5) is 0. The van der Waals surface area contributed by atoms with Gasteiger partial charge in [-0.15, -0.1) is 0 Å². The van der Waals surface area contributed by atoms with E-state index < -0.39 is 7.26 Å². The van der Waals surface area contributed by atoms with Crippen LogP contribution in [0.5, 0.6) is 0 Å². The summed E-state index contributed by atoms with van der Waals surface area (Å²) in [5, 5.41) is 0. The van der Waals surface area contributed by atoms with Crippen molar-refractivity contribution >= 4 is 7.26 Å². The van der Waals surface area contributed by atoms with Gasteiger partial charge in [-0.05, 0) is 26.2 Å². The molecule has 0 atom stereocenters. The zero-order chi connectivity index (χ0) is 13.0. The molecule has 0 bridgehead atoms. The SMILES string of the molecule is C/C=C/C[P+](CCCC)(CCCC)CCCC.[Br-]. The highest BCUT2D eigenvalue weighted by molar-refractivity contribution is 7.76. The van der Waals surface area contributed by atoms with E-state index in [0.717, 1.165) is 0 Å². The van der Waals surface area contributed by atoms with Crippen LogP contribution in [-0.4, -0.2) is 24.6 Å². The van der Waals surface area contributed by atoms with E-state index in [4.69, 9.17) is 0 Å². The topological polar surface area (TPSA) is 0 Å². The molecule has 0 nitrogen and oxygen atoms in total. The molecule has 0 spiro atoms. The Kier molecular flexibility index (Phi) is 16.4. The van der Waals surface area contributed by atoms with E-state index >= 15 is 0 Å². The molecule has 18 heavy (non-hydrogen) atoms. The maximum absolute atomic E-state index is 2.45. The largest absolute Gasteiger partial charge is 1.00 e. The molecule has 110 valence electrons. The van der Waals surface area contributed by atoms with Crippen molar-refractivity contribution in [2.75, 3.05) is 24.6 Å². The minimum atomic E-state index is -0.649. The lowest BCUT2D eigenvalue weighted by Gasteiger charge is -2.26. The Hall–Kier alpha value is 0.650. The maximum atomic E-state index is 2.45. The molecule has 0 aromatic heterocycles. The fourth-order valence-electron chi connectivity index (χ4n) is 2.42. The molecule has 0 N–H and O–H groups in total. The molecule has 0 radical (unpaired) electrons. The Morgan fingerprint density at radius 2 is 1.17 bits per heavy atom. The van der Waals surface area contributed by atoms with Gasteiger partial charge in [-0.1, -0.05) is 52.2 Å². The van der Waals surface area contributed by atoms with Gasteiger partial charge >= 0.3 is 0 Å². The van der Waals surface area contributed by atoms with Gasteiger partial charge in [-0.3, -0.25) is 0 Å². The Labute approximate surface area is 127 Å². The number of halogens is 1. The van der Waals surface area contributed by atoms with Gasteiger partial charge < -0.3 is 17.0 Å². The number of allylic oxidation sites excluding steroid dienone is 2.